The Morgan fingerprint density at radius 1 is 1.20 bits per heavy atom. The van der Waals surface area contributed by atoms with Gasteiger partial charge in [0, 0.05) is 18.7 Å². The van der Waals surface area contributed by atoms with Crippen LogP contribution >= 0.6 is 0 Å². The molecule has 1 aromatic carbocycles. The minimum atomic E-state index is 0.0148. The van der Waals surface area contributed by atoms with Crippen molar-refractivity contribution >= 4 is 5.78 Å². The molecule has 0 amide bonds. The van der Waals surface area contributed by atoms with Crippen molar-refractivity contribution in [3.05, 3.63) is 53.7 Å². The summed E-state index contributed by atoms with van der Waals surface area (Å²) in [6.45, 7) is 2.43. The van der Waals surface area contributed by atoms with Crippen LogP contribution in [-0.2, 0) is 6.42 Å². The molecule has 1 heterocycles. The zero-order valence-electron chi connectivity index (χ0n) is 11.6. The summed E-state index contributed by atoms with van der Waals surface area (Å²) in [7, 11) is 1.56. The maximum absolute atomic E-state index is 12.3. The van der Waals surface area contributed by atoms with E-state index >= 15 is 0 Å². The fraction of sp³-hybridized carbons (Fsp3) is 0.250. The highest BCUT2D eigenvalue weighted by Gasteiger charge is 2.12. The second-order valence-electron chi connectivity index (χ2n) is 4.24. The predicted octanol–water partition coefficient (Wildman–Crippen LogP) is 2.91. The molecule has 2 aromatic rings. The Kier molecular flexibility index (Phi) is 4.71. The molecule has 4 nitrogen and oxygen atoms in total. The first-order valence-electron chi connectivity index (χ1n) is 6.48. The zero-order chi connectivity index (χ0) is 14.4. The van der Waals surface area contributed by atoms with Gasteiger partial charge in [0.1, 0.15) is 5.75 Å². The van der Waals surface area contributed by atoms with Crippen LogP contribution in [0.4, 0.5) is 0 Å². The summed E-state index contributed by atoms with van der Waals surface area (Å²) in [6.07, 6.45) is 1.95. The fourth-order valence-corrected chi connectivity index (χ4v) is 1.90. The summed E-state index contributed by atoms with van der Waals surface area (Å²) in [6, 6.07) is 10.9. The van der Waals surface area contributed by atoms with Crippen molar-refractivity contribution in [1.82, 2.24) is 4.98 Å². The van der Waals surface area contributed by atoms with Crippen molar-refractivity contribution in [3.63, 3.8) is 0 Å². The van der Waals surface area contributed by atoms with E-state index in [1.165, 1.54) is 0 Å². The van der Waals surface area contributed by atoms with Gasteiger partial charge in [-0.15, -0.1) is 0 Å². The summed E-state index contributed by atoms with van der Waals surface area (Å²) in [4.78, 5) is 16.4. The number of aromatic nitrogens is 1. The molecule has 0 bridgehead atoms. The summed E-state index contributed by atoms with van der Waals surface area (Å²) in [5.41, 5.74) is 1.45. The van der Waals surface area contributed by atoms with Gasteiger partial charge in [-0.3, -0.25) is 4.79 Å². The van der Waals surface area contributed by atoms with Crippen LogP contribution in [0.15, 0.2) is 42.6 Å². The molecule has 0 atom stereocenters. The Labute approximate surface area is 118 Å². The molecule has 0 unspecified atom stereocenters. The molecule has 20 heavy (non-hydrogen) atoms. The van der Waals surface area contributed by atoms with Crippen LogP contribution in [-0.4, -0.2) is 24.5 Å². The van der Waals surface area contributed by atoms with Crippen molar-refractivity contribution in [1.29, 1.82) is 0 Å². The van der Waals surface area contributed by atoms with Crippen molar-refractivity contribution in [2.45, 2.75) is 13.3 Å². The van der Waals surface area contributed by atoms with Crippen molar-refractivity contribution < 1.29 is 14.3 Å². The van der Waals surface area contributed by atoms with Crippen LogP contribution in [0.1, 0.15) is 22.8 Å². The monoisotopic (exact) mass is 271 g/mol. The van der Waals surface area contributed by atoms with Gasteiger partial charge in [0.15, 0.2) is 5.78 Å². The zero-order valence-corrected chi connectivity index (χ0v) is 11.6. The Morgan fingerprint density at radius 2 is 2.00 bits per heavy atom. The lowest BCUT2D eigenvalue weighted by Crippen LogP contribution is -2.07. The molecule has 0 aliphatic rings. The van der Waals surface area contributed by atoms with E-state index in [4.69, 9.17) is 9.47 Å². The van der Waals surface area contributed by atoms with Crippen molar-refractivity contribution in [2.24, 2.45) is 0 Å². The average Bonchev–Trinajstić information content (AvgIpc) is 2.49. The first kappa shape index (κ1) is 14.1. The van der Waals surface area contributed by atoms with E-state index in [0.717, 1.165) is 5.56 Å². The molecule has 0 radical (unpaired) electrons. The van der Waals surface area contributed by atoms with Gasteiger partial charge in [-0.1, -0.05) is 18.2 Å². The number of benzene rings is 1. The lowest BCUT2D eigenvalue weighted by atomic mass is 10.0. The summed E-state index contributed by atoms with van der Waals surface area (Å²) in [5, 5.41) is 0. The van der Waals surface area contributed by atoms with Crippen molar-refractivity contribution in [2.75, 3.05) is 13.7 Å². The van der Waals surface area contributed by atoms with Crippen LogP contribution in [0.2, 0.25) is 0 Å². The molecule has 2 rings (SSSR count). The maximum atomic E-state index is 12.3. The van der Waals surface area contributed by atoms with Crippen LogP contribution in [0.25, 0.3) is 0 Å². The summed E-state index contributed by atoms with van der Waals surface area (Å²) < 4.78 is 10.5. The van der Waals surface area contributed by atoms with E-state index in [1.54, 1.807) is 25.4 Å². The number of hydrogen-bond acceptors (Lipinski definition) is 4. The van der Waals surface area contributed by atoms with E-state index in [-0.39, 0.29) is 5.78 Å². The van der Waals surface area contributed by atoms with Gasteiger partial charge in [0.05, 0.1) is 19.3 Å². The van der Waals surface area contributed by atoms with Gasteiger partial charge in [-0.05, 0) is 24.6 Å². The number of hydrogen-bond donors (Lipinski definition) is 0. The third-order valence-electron chi connectivity index (χ3n) is 2.86. The third-order valence-corrected chi connectivity index (χ3v) is 2.86. The first-order chi connectivity index (χ1) is 9.74. The smallest absolute Gasteiger partial charge is 0.212 e. The van der Waals surface area contributed by atoms with Gasteiger partial charge in [-0.25, -0.2) is 4.98 Å². The van der Waals surface area contributed by atoms with Gasteiger partial charge >= 0.3 is 0 Å². The highest BCUT2D eigenvalue weighted by Crippen LogP contribution is 2.20. The maximum Gasteiger partial charge on any atom is 0.212 e. The SMILES string of the molecule is CCOc1ccccc1C(=O)Cc1ccc(OC)nc1. The van der Waals surface area contributed by atoms with Crippen LogP contribution in [0.5, 0.6) is 11.6 Å². The lowest BCUT2D eigenvalue weighted by molar-refractivity contribution is 0.0989. The van der Waals surface area contributed by atoms with E-state index < -0.39 is 0 Å². The largest absolute Gasteiger partial charge is 0.493 e. The fourth-order valence-electron chi connectivity index (χ4n) is 1.90. The second kappa shape index (κ2) is 6.70. The van der Waals surface area contributed by atoms with E-state index in [2.05, 4.69) is 4.98 Å². The molecule has 0 aliphatic heterocycles. The molecule has 0 spiro atoms. The Morgan fingerprint density at radius 3 is 2.65 bits per heavy atom. The predicted molar refractivity (Wildman–Crippen MR) is 76.4 cm³/mol. The molecule has 0 saturated carbocycles. The number of carbonyl (C=O) groups is 1. The van der Waals surface area contributed by atoms with E-state index in [1.807, 2.05) is 31.2 Å². The number of ketones is 1. The van der Waals surface area contributed by atoms with E-state index in [0.29, 0.717) is 30.2 Å². The normalized spacial score (nSPS) is 10.1. The summed E-state index contributed by atoms with van der Waals surface area (Å²) in [5.74, 6) is 1.18. The Balaban J connectivity index is 2.15. The number of nitrogens with zero attached hydrogens (tertiary/aromatic N) is 1. The number of pyridine rings is 1. The highest BCUT2D eigenvalue weighted by atomic mass is 16.5. The molecule has 104 valence electrons. The molecule has 0 N–H and O–H groups in total. The number of carbonyl (C=O) groups excluding carboxylic acids is 1. The van der Waals surface area contributed by atoms with Crippen molar-refractivity contribution in [3.8, 4) is 11.6 Å². The highest BCUT2D eigenvalue weighted by molar-refractivity contribution is 5.99. The van der Waals surface area contributed by atoms with Gasteiger partial charge in [0.25, 0.3) is 0 Å². The molecule has 4 heteroatoms. The van der Waals surface area contributed by atoms with Gasteiger partial charge < -0.3 is 9.47 Å². The quantitative estimate of drug-likeness (QED) is 0.758. The number of para-hydroxylation sites is 1. The van der Waals surface area contributed by atoms with Gasteiger partial charge in [0.2, 0.25) is 5.88 Å². The number of ether oxygens (including phenoxy) is 2. The topological polar surface area (TPSA) is 48.4 Å². The summed E-state index contributed by atoms with van der Waals surface area (Å²) >= 11 is 0. The molecule has 0 saturated heterocycles. The number of rotatable bonds is 6. The minimum absolute atomic E-state index is 0.0148. The molecule has 0 fully saturated rings. The number of Topliss-reactive ketones (excluding diaryl/α,β-unsaturated/α-hetero) is 1. The molecule has 0 aliphatic carbocycles. The third kappa shape index (κ3) is 3.35. The molecular weight excluding hydrogens is 254 g/mol. The molecular formula is C16H17NO3. The van der Waals surface area contributed by atoms with Crippen LogP contribution in [0, 0.1) is 0 Å². The Hall–Kier alpha value is -2.36. The van der Waals surface area contributed by atoms with Gasteiger partial charge in [-0.2, -0.15) is 0 Å². The first-order valence-corrected chi connectivity index (χ1v) is 6.48. The molecule has 1 aromatic heterocycles. The second-order valence-corrected chi connectivity index (χ2v) is 4.24. The Bertz CT molecular complexity index is 579. The number of methoxy groups -OCH3 is 1. The van der Waals surface area contributed by atoms with Crippen LogP contribution < -0.4 is 9.47 Å². The standard InChI is InChI=1S/C16H17NO3/c1-3-20-15-7-5-4-6-13(15)14(18)10-12-8-9-16(19-2)17-11-12/h4-9,11H,3,10H2,1-2H3. The van der Waals surface area contributed by atoms with E-state index in [9.17, 15) is 4.79 Å². The van der Waals surface area contributed by atoms with Crippen LogP contribution in [0.3, 0.4) is 0 Å². The minimum Gasteiger partial charge on any atom is -0.493 e. The average molecular weight is 271 g/mol. The lowest BCUT2D eigenvalue weighted by Gasteiger charge is -2.09.